The Labute approximate surface area is 173 Å². The number of aryl methyl sites for hydroxylation is 1. The lowest BCUT2D eigenvalue weighted by Crippen LogP contribution is -1.95. The summed E-state index contributed by atoms with van der Waals surface area (Å²) in [5.74, 6) is 0.486. The van der Waals surface area contributed by atoms with E-state index in [1.807, 2.05) is 60.3 Å². The van der Waals surface area contributed by atoms with E-state index in [9.17, 15) is 10.1 Å². The zero-order valence-electron chi connectivity index (χ0n) is 16.5. The van der Waals surface area contributed by atoms with Crippen molar-refractivity contribution in [3.8, 4) is 17.3 Å². The second-order valence-electron chi connectivity index (χ2n) is 7.27. The van der Waals surface area contributed by atoms with Gasteiger partial charge in [0, 0.05) is 59.4 Å². The van der Waals surface area contributed by atoms with Crippen molar-refractivity contribution in [2.45, 2.75) is 6.92 Å². The van der Waals surface area contributed by atoms with Crippen molar-refractivity contribution in [1.29, 1.82) is 5.26 Å². The van der Waals surface area contributed by atoms with Gasteiger partial charge in [-0.15, -0.1) is 0 Å². The Kier molecular flexibility index (Phi) is 4.00. The number of carbonyl (C=O) groups is 1. The van der Waals surface area contributed by atoms with Gasteiger partial charge in [0.25, 0.3) is 0 Å². The van der Waals surface area contributed by atoms with Crippen molar-refractivity contribution in [2.24, 2.45) is 7.05 Å². The van der Waals surface area contributed by atoms with Crippen LogP contribution in [0.4, 0.5) is 0 Å². The molecular weight excluding hydrogens is 374 g/mol. The lowest BCUT2D eigenvalue weighted by molar-refractivity contribution is 0.104. The van der Waals surface area contributed by atoms with E-state index >= 15 is 0 Å². The van der Waals surface area contributed by atoms with Crippen molar-refractivity contribution in [1.82, 2.24) is 9.55 Å². The quantitative estimate of drug-likeness (QED) is 0.338. The van der Waals surface area contributed by atoms with Gasteiger partial charge in [-0.05, 0) is 30.7 Å². The van der Waals surface area contributed by atoms with Gasteiger partial charge in [-0.25, -0.2) is 0 Å². The zero-order valence-corrected chi connectivity index (χ0v) is 16.5. The van der Waals surface area contributed by atoms with Crippen LogP contribution >= 0.6 is 0 Å². The Balaban J connectivity index is 1.63. The first-order valence-electron chi connectivity index (χ1n) is 9.55. The number of ketones is 1. The molecule has 0 saturated carbocycles. The van der Waals surface area contributed by atoms with E-state index in [0.717, 1.165) is 27.9 Å². The number of nitriles is 1. The van der Waals surface area contributed by atoms with Crippen molar-refractivity contribution in [3.63, 3.8) is 0 Å². The topological polar surface area (TPSA) is 71.8 Å². The van der Waals surface area contributed by atoms with Crippen molar-refractivity contribution >= 4 is 28.5 Å². The number of allylic oxidation sites excluding steroid dienone is 3. The van der Waals surface area contributed by atoms with E-state index in [1.165, 1.54) is 0 Å². The smallest absolute Gasteiger partial charge is 0.194 e. The summed E-state index contributed by atoms with van der Waals surface area (Å²) in [5, 5.41) is 9.47. The highest BCUT2D eigenvalue weighted by atomic mass is 16.3. The number of hydrogen-bond acceptors (Lipinski definition) is 4. The molecule has 0 spiro atoms. The molecule has 5 nitrogen and oxygen atoms in total. The van der Waals surface area contributed by atoms with Gasteiger partial charge < -0.3 is 8.98 Å². The van der Waals surface area contributed by atoms with Crippen LogP contribution in [-0.4, -0.2) is 15.3 Å². The lowest BCUT2D eigenvalue weighted by Gasteiger charge is -2.03. The van der Waals surface area contributed by atoms with E-state index in [4.69, 9.17) is 4.42 Å². The maximum atomic E-state index is 13.0. The molecule has 4 aromatic rings. The Morgan fingerprint density at radius 2 is 1.97 bits per heavy atom. The van der Waals surface area contributed by atoms with Gasteiger partial charge in [-0.2, -0.15) is 5.26 Å². The second kappa shape index (κ2) is 6.71. The number of hydrogen-bond donors (Lipinski definition) is 0. The summed E-state index contributed by atoms with van der Waals surface area (Å²) in [7, 11) is 1.97. The van der Waals surface area contributed by atoms with Crippen LogP contribution in [0.2, 0.25) is 0 Å². The molecule has 0 atom stereocenters. The SMILES string of the molecule is C/C(C#N)=C1/C(=C/c2cc3c(cc(-c4cccnc4)n3C)o2)C(=O)c2ccccc21. The molecule has 1 aliphatic rings. The summed E-state index contributed by atoms with van der Waals surface area (Å²) in [5.41, 5.74) is 6.74. The minimum absolute atomic E-state index is 0.0910. The number of rotatable bonds is 2. The Bertz CT molecular complexity index is 1430. The molecule has 1 aliphatic carbocycles. The second-order valence-corrected chi connectivity index (χ2v) is 7.27. The number of carbonyl (C=O) groups excluding carboxylic acids is 1. The lowest BCUT2D eigenvalue weighted by atomic mass is 9.99. The fourth-order valence-electron chi connectivity index (χ4n) is 4.04. The monoisotopic (exact) mass is 391 g/mol. The van der Waals surface area contributed by atoms with Gasteiger partial charge in [0.1, 0.15) is 5.76 Å². The maximum absolute atomic E-state index is 13.0. The van der Waals surface area contributed by atoms with Crippen LogP contribution in [0.15, 0.2) is 76.5 Å². The molecule has 30 heavy (non-hydrogen) atoms. The molecule has 0 amide bonds. The summed E-state index contributed by atoms with van der Waals surface area (Å²) in [6, 6.07) is 17.3. The molecule has 0 unspecified atom stereocenters. The molecule has 0 fully saturated rings. The summed E-state index contributed by atoms with van der Waals surface area (Å²) in [6.07, 6.45) is 5.29. The number of Topliss-reactive ketones (excluding diaryl/α,β-unsaturated/α-hetero) is 1. The fourth-order valence-corrected chi connectivity index (χ4v) is 4.04. The van der Waals surface area contributed by atoms with E-state index in [2.05, 4.69) is 11.1 Å². The predicted octanol–water partition coefficient (Wildman–Crippen LogP) is 5.41. The van der Waals surface area contributed by atoms with Gasteiger partial charge in [0.2, 0.25) is 0 Å². The minimum atomic E-state index is -0.0910. The third-order valence-corrected chi connectivity index (χ3v) is 5.49. The summed E-state index contributed by atoms with van der Waals surface area (Å²) in [4.78, 5) is 17.2. The van der Waals surface area contributed by atoms with Gasteiger partial charge >= 0.3 is 0 Å². The molecule has 144 valence electrons. The molecule has 5 heteroatoms. The third-order valence-electron chi connectivity index (χ3n) is 5.49. The highest BCUT2D eigenvalue weighted by Crippen LogP contribution is 2.40. The van der Waals surface area contributed by atoms with E-state index in [-0.39, 0.29) is 5.78 Å². The average molecular weight is 391 g/mol. The Morgan fingerprint density at radius 1 is 1.17 bits per heavy atom. The van der Waals surface area contributed by atoms with Crippen LogP contribution in [0.1, 0.15) is 28.6 Å². The highest BCUT2D eigenvalue weighted by Gasteiger charge is 2.31. The largest absolute Gasteiger partial charge is 0.455 e. The number of furan rings is 1. The molecule has 5 rings (SSSR count). The number of benzene rings is 1. The van der Waals surface area contributed by atoms with Crippen LogP contribution in [-0.2, 0) is 7.05 Å². The molecule has 0 aliphatic heterocycles. The standard InChI is InChI=1S/C25H17N3O2/c1-15(13-26)24-18-7-3-4-8-19(18)25(29)20(24)10-17-11-22-23(30-17)12-21(28(22)2)16-6-5-9-27-14-16/h3-12,14H,1-2H3/b20-10-,24-15-. The van der Waals surface area contributed by atoms with Gasteiger partial charge in [-0.1, -0.05) is 24.3 Å². The summed E-state index contributed by atoms with van der Waals surface area (Å²) in [6.45, 7) is 1.73. The van der Waals surface area contributed by atoms with Crippen LogP contribution in [0.3, 0.4) is 0 Å². The van der Waals surface area contributed by atoms with Crippen LogP contribution in [0.25, 0.3) is 34.0 Å². The minimum Gasteiger partial charge on any atom is -0.455 e. The highest BCUT2D eigenvalue weighted by molar-refractivity contribution is 6.29. The number of aromatic nitrogens is 2. The molecule has 0 saturated heterocycles. The van der Waals surface area contributed by atoms with E-state index in [1.54, 1.807) is 25.3 Å². The molecule has 0 radical (unpaired) electrons. The van der Waals surface area contributed by atoms with Gasteiger partial charge in [0.05, 0.1) is 17.3 Å². The number of fused-ring (bicyclic) bond motifs is 2. The number of pyridine rings is 1. The molecule has 3 heterocycles. The molecule has 0 N–H and O–H groups in total. The Morgan fingerprint density at radius 3 is 2.67 bits per heavy atom. The first kappa shape index (κ1) is 17.9. The predicted molar refractivity (Wildman–Crippen MR) is 115 cm³/mol. The summed E-state index contributed by atoms with van der Waals surface area (Å²) < 4.78 is 8.09. The van der Waals surface area contributed by atoms with Crippen LogP contribution in [0.5, 0.6) is 0 Å². The van der Waals surface area contributed by atoms with Gasteiger partial charge in [0.15, 0.2) is 11.4 Å². The zero-order chi connectivity index (χ0) is 20.8. The molecule has 3 aromatic heterocycles. The van der Waals surface area contributed by atoms with E-state index in [0.29, 0.717) is 28.0 Å². The van der Waals surface area contributed by atoms with Gasteiger partial charge in [-0.3, -0.25) is 9.78 Å². The summed E-state index contributed by atoms with van der Waals surface area (Å²) >= 11 is 0. The van der Waals surface area contributed by atoms with Crippen molar-refractivity contribution in [3.05, 3.63) is 89.0 Å². The average Bonchev–Trinajstić information content (AvgIpc) is 3.40. The fraction of sp³-hybridized carbons (Fsp3) is 0.0800. The van der Waals surface area contributed by atoms with Crippen molar-refractivity contribution in [2.75, 3.05) is 0 Å². The molecule has 0 bridgehead atoms. The molecular formula is C25H17N3O2. The van der Waals surface area contributed by atoms with Crippen LogP contribution < -0.4 is 0 Å². The van der Waals surface area contributed by atoms with Crippen molar-refractivity contribution < 1.29 is 9.21 Å². The molecule has 1 aromatic carbocycles. The normalized spacial score (nSPS) is 16.2. The number of nitrogens with zero attached hydrogens (tertiary/aromatic N) is 3. The first-order chi connectivity index (χ1) is 14.6. The van der Waals surface area contributed by atoms with Crippen LogP contribution in [0, 0.1) is 11.3 Å². The van der Waals surface area contributed by atoms with E-state index < -0.39 is 0 Å². The Hall–Kier alpha value is -4.17. The third kappa shape index (κ3) is 2.62. The first-order valence-corrected chi connectivity index (χ1v) is 9.55. The maximum Gasteiger partial charge on any atom is 0.194 e.